The largest absolute Gasteiger partial charge is 0.481 e. The number of aliphatic carboxylic acids is 1. The first-order valence-corrected chi connectivity index (χ1v) is 7.04. The van der Waals surface area contributed by atoms with E-state index in [1.165, 1.54) is 0 Å². The number of hydrogen-bond acceptors (Lipinski definition) is 3. The van der Waals surface area contributed by atoms with Crippen LogP contribution in [0.15, 0.2) is 0 Å². The molecular weight excluding hydrogens is 246 g/mol. The van der Waals surface area contributed by atoms with Gasteiger partial charge >= 0.3 is 5.97 Å². The highest BCUT2D eigenvalue weighted by atomic mass is 16.5. The van der Waals surface area contributed by atoms with Crippen molar-refractivity contribution in [2.24, 2.45) is 0 Å². The highest BCUT2D eigenvalue weighted by molar-refractivity contribution is 5.76. The molecule has 0 aromatic carbocycles. The summed E-state index contributed by atoms with van der Waals surface area (Å²) in [6.45, 7) is 0. The predicted molar refractivity (Wildman–Crippen MR) is 71.9 cm³/mol. The molecule has 19 heavy (non-hydrogen) atoms. The van der Waals surface area contributed by atoms with Gasteiger partial charge in [0.05, 0.1) is 6.10 Å². The van der Waals surface area contributed by atoms with E-state index in [-0.39, 0.29) is 12.3 Å². The van der Waals surface area contributed by atoms with Crippen LogP contribution < -0.4 is 0 Å². The van der Waals surface area contributed by atoms with Gasteiger partial charge in [0.25, 0.3) is 0 Å². The Morgan fingerprint density at radius 1 is 1.16 bits per heavy atom. The first-order chi connectivity index (χ1) is 9.04. The van der Waals surface area contributed by atoms with Gasteiger partial charge in [-0.25, -0.2) is 0 Å². The summed E-state index contributed by atoms with van der Waals surface area (Å²) in [5, 5.41) is 8.53. The molecule has 0 heterocycles. The van der Waals surface area contributed by atoms with Crippen LogP contribution in [0.4, 0.5) is 0 Å². The average Bonchev–Trinajstić information content (AvgIpc) is 2.42. The Labute approximate surface area is 114 Å². The van der Waals surface area contributed by atoms with E-state index in [0.29, 0.717) is 31.4 Å². The van der Waals surface area contributed by atoms with Crippen molar-refractivity contribution in [3.8, 4) is 0 Å². The van der Waals surface area contributed by atoms with Crippen LogP contribution in [0.3, 0.4) is 0 Å². The van der Waals surface area contributed by atoms with E-state index in [0.717, 1.165) is 25.7 Å². The topological polar surface area (TPSA) is 66.8 Å². The number of carboxylic acid groups (broad SMARTS) is 1. The molecule has 0 saturated heterocycles. The van der Waals surface area contributed by atoms with Crippen molar-refractivity contribution in [1.82, 2.24) is 4.90 Å². The summed E-state index contributed by atoms with van der Waals surface area (Å²) in [7, 11) is 3.60. The third-order valence-corrected chi connectivity index (χ3v) is 3.95. The van der Waals surface area contributed by atoms with Crippen molar-refractivity contribution >= 4 is 11.9 Å². The molecule has 0 bridgehead atoms. The Hall–Kier alpha value is -1.10. The van der Waals surface area contributed by atoms with Gasteiger partial charge in [0.2, 0.25) is 5.91 Å². The lowest BCUT2D eigenvalue weighted by Gasteiger charge is -2.34. The fourth-order valence-corrected chi connectivity index (χ4v) is 2.60. The normalized spacial score (nSPS) is 23.1. The van der Waals surface area contributed by atoms with Crippen LogP contribution in [0, 0.1) is 0 Å². The van der Waals surface area contributed by atoms with Crippen LogP contribution in [0.2, 0.25) is 0 Å². The van der Waals surface area contributed by atoms with Crippen molar-refractivity contribution in [1.29, 1.82) is 0 Å². The number of ether oxygens (including phenoxy) is 1. The number of carbonyl (C=O) groups excluding carboxylic acids is 1. The molecule has 1 saturated carbocycles. The molecule has 0 spiro atoms. The molecule has 5 heteroatoms. The Bertz CT molecular complexity index is 298. The molecule has 1 fully saturated rings. The summed E-state index contributed by atoms with van der Waals surface area (Å²) in [5.41, 5.74) is 0. The molecule has 0 aromatic rings. The van der Waals surface area contributed by atoms with Crippen LogP contribution >= 0.6 is 0 Å². The van der Waals surface area contributed by atoms with Crippen molar-refractivity contribution < 1.29 is 19.4 Å². The van der Waals surface area contributed by atoms with Gasteiger partial charge in [-0.2, -0.15) is 0 Å². The average molecular weight is 271 g/mol. The molecule has 5 nitrogen and oxygen atoms in total. The minimum Gasteiger partial charge on any atom is -0.481 e. The zero-order valence-corrected chi connectivity index (χ0v) is 11.9. The van der Waals surface area contributed by atoms with Gasteiger partial charge in [-0.3, -0.25) is 9.59 Å². The lowest BCUT2D eigenvalue weighted by atomic mass is 9.92. The van der Waals surface area contributed by atoms with Crippen molar-refractivity contribution in [3.05, 3.63) is 0 Å². The number of amides is 1. The maximum absolute atomic E-state index is 12.0. The van der Waals surface area contributed by atoms with E-state index in [1.54, 1.807) is 7.11 Å². The van der Waals surface area contributed by atoms with Crippen LogP contribution in [-0.2, 0) is 14.3 Å². The second-order valence-corrected chi connectivity index (χ2v) is 5.27. The molecule has 1 amide bonds. The van der Waals surface area contributed by atoms with Crippen LogP contribution in [0.25, 0.3) is 0 Å². The van der Waals surface area contributed by atoms with Crippen LogP contribution in [0.5, 0.6) is 0 Å². The fraction of sp³-hybridized carbons (Fsp3) is 0.857. The summed E-state index contributed by atoms with van der Waals surface area (Å²) in [4.78, 5) is 24.2. The Balaban J connectivity index is 2.23. The third-order valence-electron chi connectivity index (χ3n) is 3.95. The van der Waals surface area contributed by atoms with E-state index in [2.05, 4.69) is 0 Å². The molecule has 0 atom stereocenters. The van der Waals surface area contributed by atoms with Gasteiger partial charge < -0.3 is 14.7 Å². The third kappa shape index (κ3) is 5.59. The summed E-state index contributed by atoms with van der Waals surface area (Å²) in [5.74, 6) is -0.662. The minimum absolute atomic E-state index is 0.131. The Morgan fingerprint density at radius 2 is 1.74 bits per heavy atom. The van der Waals surface area contributed by atoms with Crippen molar-refractivity contribution in [2.75, 3.05) is 14.2 Å². The number of carbonyl (C=O) groups is 2. The SMILES string of the molecule is COC1CCC(N(C)C(=O)CCCCC(=O)O)CC1. The molecule has 1 aliphatic rings. The number of carboxylic acids is 1. The monoisotopic (exact) mass is 271 g/mol. The fourth-order valence-electron chi connectivity index (χ4n) is 2.60. The summed E-state index contributed by atoms with van der Waals surface area (Å²) in [6, 6.07) is 0.318. The number of hydrogen-bond donors (Lipinski definition) is 1. The summed E-state index contributed by atoms with van der Waals surface area (Å²) >= 11 is 0. The number of nitrogens with zero attached hydrogens (tertiary/aromatic N) is 1. The highest BCUT2D eigenvalue weighted by Gasteiger charge is 2.25. The smallest absolute Gasteiger partial charge is 0.303 e. The number of unbranched alkanes of at least 4 members (excludes halogenated alkanes) is 1. The minimum atomic E-state index is -0.793. The predicted octanol–water partition coefficient (Wildman–Crippen LogP) is 2.05. The van der Waals surface area contributed by atoms with Gasteiger partial charge in [0.1, 0.15) is 0 Å². The Kier molecular flexibility index (Phi) is 6.84. The zero-order chi connectivity index (χ0) is 14.3. The lowest BCUT2D eigenvalue weighted by Crippen LogP contribution is -2.40. The van der Waals surface area contributed by atoms with Crippen LogP contribution in [0.1, 0.15) is 51.4 Å². The quantitative estimate of drug-likeness (QED) is 0.720. The second-order valence-electron chi connectivity index (χ2n) is 5.27. The van der Waals surface area contributed by atoms with Crippen LogP contribution in [-0.4, -0.2) is 48.2 Å². The lowest BCUT2D eigenvalue weighted by molar-refractivity contribution is -0.138. The van der Waals surface area contributed by atoms with Gasteiger partial charge in [-0.15, -0.1) is 0 Å². The van der Waals surface area contributed by atoms with E-state index in [1.807, 2.05) is 11.9 Å². The molecule has 0 unspecified atom stereocenters. The van der Waals surface area contributed by atoms with Crippen molar-refractivity contribution in [3.63, 3.8) is 0 Å². The Morgan fingerprint density at radius 3 is 2.26 bits per heavy atom. The molecule has 1 aliphatic carbocycles. The van der Waals surface area contributed by atoms with Gasteiger partial charge in [0.15, 0.2) is 0 Å². The first kappa shape index (κ1) is 16.0. The summed E-state index contributed by atoms with van der Waals surface area (Å²) < 4.78 is 5.32. The van der Waals surface area contributed by atoms with Gasteiger partial charge in [0, 0.05) is 33.0 Å². The molecule has 1 rings (SSSR count). The number of rotatable bonds is 7. The molecule has 0 aliphatic heterocycles. The van der Waals surface area contributed by atoms with Crippen molar-refractivity contribution in [2.45, 2.75) is 63.5 Å². The summed E-state index contributed by atoms with van der Waals surface area (Å²) in [6.07, 6.45) is 6.19. The van der Waals surface area contributed by atoms with Gasteiger partial charge in [-0.05, 0) is 38.5 Å². The van der Waals surface area contributed by atoms with E-state index in [4.69, 9.17) is 9.84 Å². The number of methoxy groups -OCH3 is 1. The molecule has 110 valence electrons. The zero-order valence-electron chi connectivity index (χ0n) is 11.9. The molecular formula is C14H25NO4. The standard InChI is InChI=1S/C14H25NO4/c1-15(11-7-9-12(19-2)10-8-11)13(16)5-3-4-6-14(17)18/h11-12H,3-10H2,1-2H3,(H,17,18). The van der Waals surface area contributed by atoms with Gasteiger partial charge in [-0.1, -0.05) is 0 Å². The molecule has 0 aromatic heterocycles. The maximum atomic E-state index is 12.0. The first-order valence-electron chi connectivity index (χ1n) is 7.04. The molecule has 0 radical (unpaired) electrons. The second kappa shape index (κ2) is 8.15. The van der Waals surface area contributed by atoms with E-state index >= 15 is 0 Å². The highest BCUT2D eigenvalue weighted by Crippen LogP contribution is 2.24. The maximum Gasteiger partial charge on any atom is 0.303 e. The van der Waals surface area contributed by atoms with E-state index in [9.17, 15) is 9.59 Å². The van der Waals surface area contributed by atoms with E-state index < -0.39 is 5.97 Å². The molecule has 1 N–H and O–H groups in total.